The second kappa shape index (κ2) is 9.05. The molecule has 166 valence electrons. The first-order chi connectivity index (χ1) is 14.8. The van der Waals surface area contributed by atoms with Crippen molar-refractivity contribution in [2.24, 2.45) is 10.9 Å². The number of hydrogen-bond acceptors (Lipinski definition) is 7. The van der Waals surface area contributed by atoms with Crippen LogP contribution in [0.2, 0.25) is 0 Å². The van der Waals surface area contributed by atoms with E-state index >= 15 is 0 Å². The highest BCUT2D eigenvalue weighted by Gasteiger charge is 2.32. The molecule has 1 saturated heterocycles. The molecule has 0 unspecified atom stereocenters. The smallest absolute Gasteiger partial charge is 0.263 e. The number of anilines is 1. The summed E-state index contributed by atoms with van der Waals surface area (Å²) < 4.78 is 27.1. The summed E-state index contributed by atoms with van der Waals surface area (Å²) in [5.74, 6) is -0.225. The lowest BCUT2D eigenvalue weighted by Gasteiger charge is -2.25. The molecule has 3 heterocycles. The molecule has 1 atom stereocenters. The molecule has 2 N–H and O–H groups in total. The lowest BCUT2D eigenvalue weighted by molar-refractivity contribution is -0.118. The Bertz CT molecular complexity index is 1090. The van der Waals surface area contributed by atoms with Gasteiger partial charge in [-0.3, -0.25) is 19.4 Å². The molecule has 0 bridgehead atoms. The Morgan fingerprint density at radius 1 is 1.26 bits per heavy atom. The number of benzene rings is 1. The molecule has 4 rings (SSSR count). The maximum Gasteiger partial charge on any atom is 0.263 e. The van der Waals surface area contributed by atoms with Gasteiger partial charge < -0.3 is 5.32 Å². The van der Waals surface area contributed by atoms with Crippen molar-refractivity contribution in [3.63, 3.8) is 0 Å². The van der Waals surface area contributed by atoms with Gasteiger partial charge in [0.2, 0.25) is 0 Å². The number of nitrogens with one attached hydrogen (secondary N) is 2. The topological polar surface area (TPSA) is 104 Å². The summed E-state index contributed by atoms with van der Waals surface area (Å²) in [6, 6.07) is 5.88. The van der Waals surface area contributed by atoms with Crippen molar-refractivity contribution in [2.75, 3.05) is 18.4 Å². The number of likely N-dealkylation sites (tertiary alicyclic amines) is 1. The number of amidine groups is 1. The van der Waals surface area contributed by atoms with E-state index < -0.39 is 16.1 Å². The SMILES string of the molecule is CC(C)[C@H](N=C1NS(=O)(=O)c2ccccc21)C(=O)Nc1nc(CN2CCCCC2)cs1. The van der Waals surface area contributed by atoms with Crippen LogP contribution in [0.15, 0.2) is 39.5 Å². The van der Waals surface area contributed by atoms with Gasteiger partial charge in [-0.15, -0.1) is 11.3 Å². The monoisotopic (exact) mass is 461 g/mol. The van der Waals surface area contributed by atoms with Crippen molar-refractivity contribution in [2.45, 2.75) is 50.6 Å². The van der Waals surface area contributed by atoms with Crippen LogP contribution in [0, 0.1) is 5.92 Å². The minimum absolute atomic E-state index is 0.127. The lowest BCUT2D eigenvalue weighted by atomic mass is 10.0. The summed E-state index contributed by atoms with van der Waals surface area (Å²) in [5.41, 5.74) is 1.44. The van der Waals surface area contributed by atoms with Gasteiger partial charge in [-0.25, -0.2) is 13.4 Å². The molecular formula is C21H27N5O3S2. The van der Waals surface area contributed by atoms with Crippen molar-refractivity contribution in [3.8, 4) is 0 Å². The number of aliphatic imine (C=N–C) groups is 1. The first-order valence-corrected chi connectivity index (χ1v) is 12.9. The zero-order valence-electron chi connectivity index (χ0n) is 17.7. The van der Waals surface area contributed by atoms with E-state index in [9.17, 15) is 13.2 Å². The Kier molecular flexibility index (Phi) is 6.40. The number of carbonyl (C=O) groups excluding carboxylic acids is 1. The van der Waals surface area contributed by atoms with Gasteiger partial charge in [0.1, 0.15) is 11.9 Å². The summed E-state index contributed by atoms with van der Waals surface area (Å²) in [7, 11) is -3.65. The molecule has 8 nitrogen and oxygen atoms in total. The standard InChI is InChI=1S/C21H27N5O3S2/c1-14(2)18(23-19-16-8-4-5-9-17(16)31(28,29)25-19)20(27)24-21-22-15(13-30-21)12-26-10-6-3-7-11-26/h4-5,8-9,13-14,18H,3,6-7,10-12H2,1-2H3,(H,23,25)(H,22,24,27)/t18-/m0/s1. The summed E-state index contributed by atoms with van der Waals surface area (Å²) in [6.45, 7) is 6.73. The number of fused-ring (bicyclic) bond motifs is 1. The number of rotatable bonds is 6. The van der Waals surface area contributed by atoms with E-state index in [1.165, 1.54) is 36.7 Å². The van der Waals surface area contributed by atoms with Crippen molar-refractivity contribution >= 4 is 38.2 Å². The highest BCUT2D eigenvalue weighted by Crippen LogP contribution is 2.24. The molecule has 2 aliphatic heterocycles. The van der Waals surface area contributed by atoms with Crippen LogP contribution in [0.25, 0.3) is 0 Å². The third-order valence-corrected chi connectivity index (χ3v) is 7.65. The quantitative estimate of drug-likeness (QED) is 0.688. The van der Waals surface area contributed by atoms with Crippen LogP contribution < -0.4 is 10.0 Å². The van der Waals surface area contributed by atoms with Crippen LogP contribution in [-0.2, 0) is 21.4 Å². The van der Waals surface area contributed by atoms with Gasteiger partial charge >= 0.3 is 0 Å². The van der Waals surface area contributed by atoms with Crippen LogP contribution in [0.1, 0.15) is 44.4 Å². The predicted molar refractivity (Wildman–Crippen MR) is 122 cm³/mol. The molecule has 0 spiro atoms. The first kappa shape index (κ1) is 21.9. The van der Waals surface area contributed by atoms with Crippen LogP contribution >= 0.6 is 11.3 Å². The van der Waals surface area contributed by atoms with Crippen molar-refractivity contribution in [3.05, 3.63) is 40.9 Å². The van der Waals surface area contributed by atoms with Gasteiger partial charge in [0, 0.05) is 17.5 Å². The zero-order valence-corrected chi connectivity index (χ0v) is 19.3. The number of piperidine rings is 1. The largest absolute Gasteiger partial charge is 0.300 e. The summed E-state index contributed by atoms with van der Waals surface area (Å²) in [5, 5.41) is 5.38. The second-order valence-corrected chi connectivity index (χ2v) is 10.7. The third kappa shape index (κ3) is 4.97. The highest BCUT2D eigenvalue weighted by atomic mass is 32.2. The van der Waals surface area contributed by atoms with Gasteiger partial charge in [-0.2, -0.15) is 0 Å². The van der Waals surface area contributed by atoms with Crippen LogP contribution in [0.3, 0.4) is 0 Å². The number of nitrogens with zero attached hydrogens (tertiary/aromatic N) is 3. The molecule has 0 radical (unpaired) electrons. The molecule has 2 aromatic rings. The van der Waals surface area contributed by atoms with Crippen molar-refractivity contribution in [1.29, 1.82) is 0 Å². The van der Waals surface area contributed by atoms with Gasteiger partial charge in [-0.1, -0.05) is 32.4 Å². The molecule has 31 heavy (non-hydrogen) atoms. The fourth-order valence-corrected chi connectivity index (χ4v) is 5.79. The first-order valence-electron chi connectivity index (χ1n) is 10.5. The van der Waals surface area contributed by atoms with E-state index in [2.05, 4.69) is 24.9 Å². The van der Waals surface area contributed by atoms with Gasteiger partial charge in [0.05, 0.1) is 10.6 Å². The molecule has 10 heteroatoms. The fraction of sp³-hybridized carbons (Fsp3) is 0.476. The third-order valence-electron chi connectivity index (χ3n) is 5.45. The summed E-state index contributed by atoms with van der Waals surface area (Å²) in [6.07, 6.45) is 3.72. The minimum atomic E-state index is -3.65. The fourth-order valence-electron chi connectivity index (χ4n) is 3.84. The minimum Gasteiger partial charge on any atom is -0.300 e. The Morgan fingerprint density at radius 3 is 2.74 bits per heavy atom. The van der Waals surface area contributed by atoms with E-state index in [0.29, 0.717) is 10.7 Å². The maximum absolute atomic E-state index is 13.0. The summed E-state index contributed by atoms with van der Waals surface area (Å²) in [4.78, 5) is 24.6. The van der Waals surface area contributed by atoms with Crippen LogP contribution in [-0.4, -0.2) is 49.2 Å². The average Bonchev–Trinajstić information content (AvgIpc) is 3.28. The number of hydrogen-bond donors (Lipinski definition) is 2. The number of amides is 1. The summed E-state index contributed by atoms with van der Waals surface area (Å²) >= 11 is 1.40. The average molecular weight is 462 g/mol. The maximum atomic E-state index is 13.0. The number of thiazole rings is 1. The lowest BCUT2D eigenvalue weighted by Crippen LogP contribution is -2.34. The number of aromatic nitrogens is 1. The highest BCUT2D eigenvalue weighted by molar-refractivity contribution is 7.90. The van der Waals surface area contributed by atoms with E-state index in [1.807, 2.05) is 19.2 Å². The van der Waals surface area contributed by atoms with Crippen LogP contribution in [0.4, 0.5) is 5.13 Å². The predicted octanol–water partition coefficient (Wildman–Crippen LogP) is 2.83. The molecule has 2 aliphatic rings. The van der Waals surface area contributed by atoms with Gasteiger partial charge in [0.15, 0.2) is 5.13 Å². The Morgan fingerprint density at radius 2 is 2.00 bits per heavy atom. The van der Waals surface area contributed by atoms with Crippen molar-refractivity contribution < 1.29 is 13.2 Å². The van der Waals surface area contributed by atoms with E-state index in [-0.39, 0.29) is 22.6 Å². The normalized spacial score (nSPS) is 20.4. The van der Waals surface area contributed by atoms with E-state index in [1.54, 1.807) is 18.2 Å². The Labute approximate surface area is 186 Å². The Hall–Kier alpha value is -2.30. The zero-order chi connectivity index (χ0) is 22.0. The molecule has 0 saturated carbocycles. The molecule has 1 fully saturated rings. The Balaban J connectivity index is 1.48. The van der Waals surface area contributed by atoms with Crippen molar-refractivity contribution in [1.82, 2.24) is 14.6 Å². The molecule has 1 aromatic heterocycles. The van der Waals surface area contributed by atoms with Crippen LogP contribution in [0.5, 0.6) is 0 Å². The molecular weight excluding hydrogens is 434 g/mol. The van der Waals surface area contributed by atoms with E-state index in [0.717, 1.165) is 25.3 Å². The molecule has 1 aromatic carbocycles. The number of sulfonamides is 1. The second-order valence-electron chi connectivity index (χ2n) is 8.24. The van der Waals surface area contributed by atoms with E-state index in [4.69, 9.17) is 0 Å². The van der Waals surface area contributed by atoms with Gasteiger partial charge in [-0.05, 0) is 44.0 Å². The number of carbonyl (C=O) groups is 1. The molecule has 1 amide bonds. The van der Waals surface area contributed by atoms with Gasteiger partial charge in [0.25, 0.3) is 15.9 Å². The molecule has 0 aliphatic carbocycles.